The van der Waals surface area contributed by atoms with Crippen molar-refractivity contribution < 1.29 is 9.90 Å². The standard InChI is InChI=1S/C9H11NO2/c1-2-7-8(12)4-3-6(5-11)9(7)10/h3-5,12H,2,10H2,1H3. The summed E-state index contributed by atoms with van der Waals surface area (Å²) in [6, 6.07) is 3.00. The lowest BCUT2D eigenvalue weighted by Gasteiger charge is -2.06. The van der Waals surface area contributed by atoms with E-state index in [2.05, 4.69) is 0 Å². The molecule has 0 aliphatic carbocycles. The normalized spacial score (nSPS) is 9.75. The first-order valence-corrected chi connectivity index (χ1v) is 3.76. The Labute approximate surface area is 70.8 Å². The SMILES string of the molecule is CCc1c(O)ccc(C=O)c1N. The van der Waals surface area contributed by atoms with Gasteiger partial charge in [-0.2, -0.15) is 0 Å². The smallest absolute Gasteiger partial charge is 0.152 e. The Morgan fingerprint density at radius 1 is 1.58 bits per heavy atom. The fourth-order valence-corrected chi connectivity index (χ4v) is 1.15. The number of nitrogens with two attached hydrogens (primary N) is 1. The fourth-order valence-electron chi connectivity index (χ4n) is 1.15. The fraction of sp³-hybridized carbons (Fsp3) is 0.222. The van der Waals surface area contributed by atoms with E-state index in [4.69, 9.17) is 5.73 Å². The monoisotopic (exact) mass is 165 g/mol. The lowest BCUT2D eigenvalue weighted by molar-refractivity contribution is 0.112. The van der Waals surface area contributed by atoms with Crippen molar-refractivity contribution in [3.8, 4) is 5.75 Å². The van der Waals surface area contributed by atoms with Crippen molar-refractivity contribution >= 4 is 12.0 Å². The number of aldehydes is 1. The molecule has 0 saturated heterocycles. The van der Waals surface area contributed by atoms with Gasteiger partial charge < -0.3 is 10.8 Å². The van der Waals surface area contributed by atoms with Crippen molar-refractivity contribution in [1.29, 1.82) is 0 Å². The van der Waals surface area contributed by atoms with Gasteiger partial charge in [-0.1, -0.05) is 6.92 Å². The Bertz CT molecular complexity index is 308. The number of anilines is 1. The van der Waals surface area contributed by atoms with Crippen LogP contribution in [0.15, 0.2) is 12.1 Å². The van der Waals surface area contributed by atoms with Gasteiger partial charge in [0.1, 0.15) is 5.75 Å². The Balaban J connectivity index is 3.33. The molecular formula is C9H11NO2. The summed E-state index contributed by atoms with van der Waals surface area (Å²) in [4.78, 5) is 10.4. The molecule has 12 heavy (non-hydrogen) atoms. The molecule has 1 aromatic carbocycles. The van der Waals surface area contributed by atoms with Crippen LogP contribution in [0.2, 0.25) is 0 Å². The van der Waals surface area contributed by atoms with E-state index >= 15 is 0 Å². The number of nitrogen functional groups attached to an aromatic ring is 1. The van der Waals surface area contributed by atoms with Crippen LogP contribution in [0.1, 0.15) is 22.8 Å². The molecule has 0 saturated carbocycles. The van der Waals surface area contributed by atoms with E-state index < -0.39 is 0 Å². The molecule has 0 atom stereocenters. The van der Waals surface area contributed by atoms with E-state index in [0.29, 0.717) is 29.5 Å². The number of carbonyl (C=O) groups is 1. The van der Waals surface area contributed by atoms with Crippen molar-refractivity contribution in [2.75, 3.05) is 5.73 Å². The van der Waals surface area contributed by atoms with Gasteiger partial charge in [-0.3, -0.25) is 4.79 Å². The first-order chi connectivity index (χ1) is 5.70. The van der Waals surface area contributed by atoms with Crippen molar-refractivity contribution in [2.24, 2.45) is 0 Å². The minimum atomic E-state index is 0.153. The summed E-state index contributed by atoms with van der Waals surface area (Å²) in [6.07, 6.45) is 1.31. The van der Waals surface area contributed by atoms with Crippen molar-refractivity contribution in [3.63, 3.8) is 0 Å². The van der Waals surface area contributed by atoms with Crippen LogP contribution in [0.25, 0.3) is 0 Å². The third-order valence-electron chi connectivity index (χ3n) is 1.85. The third kappa shape index (κ3) is 1.25. The van der Waals surface area contributed by atoms with Gasteiger partial charge in [0.2, 0.25) is 0 Å². The highest BCUT2D eigenvalue weighted by molar-refractivity contribution is 5.85. The van der Waals surface area contributed by atoms with Crippen LogP contribution in [-0.4, -0.2) is 11.4 Å². The molecule has 3 heteroatoms. The van der Waals surface area contributed by atoms with Crippen molar-refractivity contribution in [2.45, 2.75) is 13.3 Å². The molecule has 1 aromatic rings. The van der Waals surface area contributed by atoms with Crippen LogP contribution < -0.4 is 5.73 Å². The van der Waals surface area contributed by atoms with E-state index in [-0.39, 0.29) is 5.75 Å². The summed E-state index contributed by atoms with van der Waals surface area (Å²) >= 11 is 0. The van der Waals surface area contributed by atoms with Crippen molar-refractivity contribution in [1.82, 2.24) is 0 Å². The van der Waals surface area contributed by atoms with E-state index in [1.807, 2.05) is 6.92 Å². The highest BCUT2D eigenvalue weighted by Gasteiger charge is 2.06. The van der Waals surface area contributed by atoms with Gasteiger partial charge in [0, 0.05) is 16.8 Å². The summed E-state index contributed by atoms with van der Waals surface area (Å²) in [7, 11) is 0. The molecule has 0 aliphatic heterocycles. The highest BCUT2D eigenvalue weighted by Crippen LogP contribution is 2.26. The molecule has 0 amide bonds. The molecule has 0 fully saturated rings. The summed E-state index contributed by atoms with van der Waals surface area (Å²) in [6.45, 7) is 1.87. The van der Waals surface area contributed by atoms with E-state index in [9.17, 15) is 9.90 Å². The summed E-state index contributed by atoms with van der Waals surface area (Å²) < 4.78 is 0. The van der Waals surface area contributed by atoms with Crippen LogP contribution in [0.3, 0.4) is 0 Å². The topological polar surface area (TPSA) is 63.3 Å². The first kappa shape index (κ1) is 8.59. The van der Waals surface area contributed by atoms with Crippen LogP contribution >= 0.6 is 0 Å². The second-order valence-corrected chi connectivity index (χ2v) is 2.54. The number of aromatic hydroxyl groups is 1. The molecule has 0 aliphatic rings. The summed E-state index contributed by atoms with van der Waals surface area (Å²) in [5.74, 6) is 0.153. The zero-order valence-electron chi connectivity index (χ0n) is 6.87. The van der Waals surface area contributed by atoms with Gasteiger partial charge in [-0.15, -0.1) is 0 Å². The third-order valence-corrected chi connectivity index (χ3v) is 1.85. The lowest BCUT2D eigenvalue weighted by atomic mass is 10.1. The number of benzene rings is 1. The first-order valence-electron chi connectivity index (χ1n) is 3.76. The van der Waals surface area contributed by atoms with Crippen LogP contribution in [0.4, 0.5) is 5.69 Å². The second kappa shape index (κ2) is 3.26. The maximum atomic E-state index is 10.4. The minimum Gasteiger partial charge on any atom is -0.508 e. The van der Waals surface area contributed by atoms with E-state index in [0.717, 1.165) is 0 Å². The van der Waals surface area contributed by atoms with Gasteiger partial charge >= 0.3 is 0 Å². The molecule has 3 N–H and O–H groups in total. The van der Waals surface area contributed by atoms with Gasteiger partial charge in [-0.25, -0.2) is 0 Å². The molecule has 0 unspecified atom stereocenters. The van der Waals surface area contributed by atoms with E-state index in [1.165, 1.54) is 12.1 Å². The lowest BCUT2D eigenvalue weighted by Crippen LogP contribution is -1.98. The number of hydrogen-bond acceptors (Lipinski definition) is 3. The Hall–Kier alpha value is -1.51. The van der Waals surface area contributed by atoms with Crippen LogP contribution in [0, 0.1) is 0 Å². The average molecular weight is 165 g/mol. The molecule has 3 nitrogen and oxygen atoms in total. The molecule has 0 radical (unpaired) electrons. The zero-order valence-corrected chi connectivity index (χ0v) is 6.87. The molecule has 0 bridgehead atoms. The van der Waals surface area contributed by atoms with Crippen LogP contribution in [-0.2, 0) is 6.42 Å². The number of phenols is 1. The van der Waals surface area contributed by atoms with Gasteiger partial charge in [0.25, 0.3) is 0 Å². The van der Waals surface area contributed by atoms with Gasteiger partial charge in [0.15, 0.2) is 6.29 Å². The Morgan fingerprint density at radius 3 is 2.75 bits per heavy atom. The zero-order chi connectivity index (χ0) is 9.14. The van der Waals surface area contributed by atoms with Crippen LogP contribution in [0.5, 0.6) is 5.75 Å². The predicted molar refractivity (Wildman–Crippen MR) is 47.3 cm³/mol. The minimum absolute atomic E-state index is 0.153. The molecule has 1 rings (SSSR count). The highest BCUT2D eigenvalue weighted by atomic mass is 16.3. The molecule has 0 spiro atoms. The maximum Gasteiger partial charge on any atom is 0.152 e. The van der Waals surface area contributed by atoms with Gasteiger partial charge in [0.05, 0.1) is 0 Å². The number of phenolic OH excluding ortho intramolecular Hbond substituents is 1. The Kier molecular flexibility index (Phi) is 2.33. The van der Waals surface area contributed by atoms with Crippen molar-refractivity contribution in [3.05, 3.63) is 23.3 Å². The number of rotatable bonds is 2. The molecular weight excluding hydrogens is 154 g/mol. The largest absolute Gasteiger partial charge is 0.508 e. The molecule has 0 heterocycles. The number of carbonyl (C=O) groups excluding carboxylic acids is 1. The Morgan fingerprint density at radius 2 is 2.25 bits per heavy atom. The summed E-state index contributed by atoms with van der Waals surface area (Å²) in [5, 5.41) is 9.32. The molecule has 0 aromatic heterocycles. The average Bonchev–Trinajstić information content (AvgIpc) is 2.06. The van der Waals surface area contributed by atoms with Gasteiger partial charge in [-0.05, 0) is 18.6 Å². The van der Waals surface area contributed by atoms with E-state index in [1.54, 1.807) is 0 Å². The summed E-state index contributed by atoms with van der Waals surface area (Å²) in [5.41, 5.74) is 7.07. The second-order valence-electron chi connectivity index (χ2n) is 2.54. The number of hydrogen-bond donors (Lipinski definition) is 2. The maximum absolute atomic E-state index is 10.4. The quantitative estimate of drug-likeness (QED) is 0.513. The predicted octanol–water partition coefficient (Wildman–Crippen LogP) is 1.35. The molecule has 64 valence electrons.